The molecule has 3 heteroatoms. The van der Waals surface area contributed by atoms with Crippen LogP contribution in [0.4, 0.5) is 0 Å². The van der Waals surface area contributed by atoms with Crippen LogP contribution >= 0.6 is 0 Å². The Morgan fingerprint density at radius 2 is 2.06 bits per heavy atom. The number of hydrogen-bond donors (Lipinski definition) is 1. The van der Waals surface area contributed by atoms with Crippen LogP contribution < -0.4 is 0 Å². The van der Waals surface area contributed by atoms with Crippen LogP contribution in [0, 0.1) is 5.92 Å². The molecule has 1 unspecified atom stereocenters. The predicted molar refractivity (Wildman–Crippen MR) is 62.4 cm³/mol. The first kappa shape index (κ1) is 12.3. The van der Waals surface area contributed by atoms with E-state index in [0.29, 0.717) is 6.61 Å². The number of hydrogen-bond acceptors (Lipinski definition) is 3. The lowest BCUT2D eigenvalue weighted by atomic mass is 9.85. The van der Waals surface area contributed by atoms with E-state index in [4.69, 9.17) is 9.47 Å². The van der Waals surface area contributed by atoms with E-state index < -0.39 is 0 Å². The zero-order chi connectivity index (χ0) is 11.4. The fourth-order valence-corrected chi connectivity index (χ4v) is 2.64. The summed E-state index contributed by atoms with van der Waals surface area (Å²) in [6, 6.07) is 0. The maximum Gasteiger partial charge on any atom is 0.0983 e. The molecule has 0 aromatic heterocycles. The molecule has 1 atom stereocenters. The zero-order valence-electron chi connectivity index (χ0n) is 10.3. The first-order valence-electron chi connectivity index (χ1n) is 6.66. The molecule has 0 bridgehead atoms. The highest BCUT2D eigenvalue weighted by molar-refractivity contribution is 4.91. The van der Waals surface area contributed by atoms with E-state index in [1.807, 2.05) is 6.92 Å². The summed E-state index contributed by atoms with van der Waals surface area (Å²) in [5.41, 5.74) is -0.318. The van der Waals surface area contributed by atoms with Crippen molar-refractivity contribution in [2.45, 2.75) is 57.2 Å². The van der Waals surface area contributed by atoms with E-state index in [1.54, 1.807) is 0 Å². The Bertz CT molecular complexity index is 202. The minimum Gasteiger partial charge on any atom is -0.390 e. The normalized spacial score (nSPS) is 26.6. The molecule has 0 amide bonds. The summed E-state index contributed by atoms with van der Waals surface area (Å²) in [5.74, 6) is 0.883. The molecule has 1 aliphatic heterocycles. The molecule has 2 rings (SSSR count). The zero-order valence-corrected chi connectivity index (χ0v) is 10.3. The second kappa shape index (κ2) is 5.48. The molecule has 1 aliphatic carbocycles. The Labute approximate surface area is 98.1 Å². The van der Waals surface area contributed by atoms with Crippen molar-refractivity contribution in [1.29, 1.82) is 0 Å². The Morgan fingerprint density at radius 1 is 1.38 bits per heavy atom. The topological polar surface area (TPSA) is 38.7 Å². The van der Waals surface area contributed by atoms with Crippen LogP contribution in [0.2, 0.25) is 0 Å². The first-order chi connectivity index (χ1) is 7.77. The molecule has 0 aromatic rings. The first-order valence-corrected chi connectivity index (χ1v) is 6.66. The molecular weight excluding hydrogens is 204 g/mol. The Balaban J connectivity index is 1.87. The highest BCUT2D eigenvalue weighted by atomic mass is 16.5. The molecule has 0 aromatic carbocycles. The van der Waals surface area contributed by atoms with Crippen LogP contribution in [-0.2, 0) is 9.47 Å². The second-order valence-corrected chi connectivity index (χ2v) is 5.15. The Hall–Kier alpha value is -0.120. The number of aliphatic hydroxyl groups excluding tert-OH is 1. The van der Waals surface area contributed by atoms with Crippen LogP contribution in [0.1, 0.15) is 45.4 Å². The average molecular weight is 228 g/mol. The van der Waals surface area contributed by atoms with Gasteiger partial charge in [0, 0.05) is 32.7 Å². The molecule has 3 nitrogen and oxygen atoms in total. The van der Waals surface area contributed by atoms with Gasteiger partial charge in [0.1, 0.15) is 0 Å². The van der Waals surface area contributed by atoms with Gasteiger partial charge in [-0.05, 0) is 25.7 Å². The number of rotatable bonds is 6. The molecule has 0 spiro atoms. The molecule has 1 saturated carbocycles. The molecule has 1 N–H and O–H groups in total. The van der Waals surface area contributed by atoms with E-state index in [-0.39, 0.29) is 11.7 Å². The summed E-state index contributed by atoms with van der Waals surface area (Å²) in [6.45, 7) is 4.13. The van der Waals surface area contributed by atoms with Gasteiger partial charge in [0.15, 0.2) is 0 Å². The lowest BCUT2D eigenvalue weighted by Gasteiger charge is -2.40. The minimum absolute atomic E-state index is 0.308. The van der Waals surface area contributed by atoms with Crippen molar-refractivity contribution in [1.82, 2.24) is 0 Å². The summed E-state index contributed by atoms with van der Waals surface area (Å²) < 4.78 is 11.2. The highest BCUT2D eigenvalue weighted by Crippen LogP contribution is 2.37. The second-order valence-electron chi connectivity index (χ2n) is 5.15. The van der Waals surface area contributed by atoms with Gasteiger partial charge in [-0.15, -0.1) is 0 Å². The van der Waals surface area contributed by atoms with Gasteiger partial charge in [-0.25, -0.2) is 0 Å². The van der Waals surface area contributed by atoms with Crippen LogP contribution in [-0.4, -0.2) is 36.6 Å². The van der Waals surface area contributed by atoms with Gasteiger partial charge < -0.3 is 14.6 Å². The summed E-state index contributed by atoms with van der Waals surface area (Å²) in [5, 5.41) is 10.4. The summed E-state index contributed by atoms with van der Waals surface area (Å²) in [6.07, 6.45) is 6.15. The van der Waals surface area contributed by atoms with Gasteiger partial charge in [0.05, 0.1) is 11.7 Å². The third-order valence-electron chi connectivity index (χ3n) is 3.92. The van der Waals surface area contributed by atoms with Crippen molar-refractivity contribution in [2.75, 3.05) is 19.8 Å². The van der Waals surface area contributed by atoms with Crippen LogP contribution in [0.3, 0.4) is 0 Å². The lowest BCUT2D eigenvalue weighted by molar-refractivity contribution is -0.167. The van der Waals surface area contributed by atoms with Crippen molar-refractivity contribution in [3.8, 4) is 0 Å². The van der Waals surface area contributed by atoms with Gasteiger partial charge >= 0.3 is 0 Å². The Morgan fingerprint density at radius 3 is 2.62 bits per heavy atom. The molecular formula is C13H24O3. The largest absolute Gasteiger partial charge is 0.390 e. The fourth-order valence-electron chi connectivity index (χ4n) is 2.64. The maximum atomic E-state index is 10.4. The molecule has 1 saturated heterocycles. The molecule has 0 radical (unpaired) electrons. The standard InChI is InChI=1S/C13H24O3/c1-2-16-13(7-9-15-10-8-13)12(14)6-5-11-3-4-11/h11-12,14H,2-10H2,1H3. The SMILES string of the molecule is CCOC1(C(O)CCC2CC2)CCOCC1. The third kappa shape index (κ3) is 2.96. The summed E-state index contributed by atoms with van der Waals surface area (Å²) in [7, 11) is 0. The molecule has 2 fully saturated rings. The predicted octanol–water partition coefficient (Wildman–Crippen LogP) is 2.12. The smallest absolute Gasteiger partial charge is 0.0983 e. The molecule has 16 heavy (non-hydrogen) atoms. The van der Waals surface area contributed by atoms with E-state index in [2.05, 4.69) is 0 Å². The highest BCUT2D eigenvalue weighted by Gasteiger charge is 2.40. The van der Waals surface area contributed by atoms with Crippen molar-refractivity contribution >= 4 is 0 Å². The van der Waals surface area contributed by atoms with Gasteiger partial charge in [-0.2, -0.15) is 0 Å². The number of ether oxygens (including phenoxy) is 2. The number of aliphatic hydroxyl groups is 1. The van der Waals surface area contributed by atoms with Gasteiger partial charge in [0.2, 0.25) is 0 Å². The minimum atomic E-state index is -0.318. The third-order valence-corrected chi connectivity index (χ3v) is 3.92. The van der Waals surface area contributed by atoms with E-state index in [1.165, 1.54) is 12.8 Å². The molecule has 2 aliphatic rings. The lowest BCUT2D eigenvalue weighted by Crippen LogP contribution is -2.49. The van der Waals surface area contributed by atoms with Crippen LogP contribution in [0.5, 0.6) is 0 Å². The Kier molecular flexibility index (Phi) is 4.22. The van der Waals surface area contributed by atoms with E-state index in [0.717, 1.165) is 44.8 Å². The average Bonchev–Trinajstić information content (AvgIpc) is 3.11. The van der Waals surface area contributed by atoms with Crippen molar-refractivity contribution in [3.05, 3.63) is 0 Å². The van der Waals surface area contributed by atoms with Crippen LogP contribution in [0.15, 0.2) is 0 Å². The quantitative estimate of drug-likeness (QED) is 0.757. The summed E-state index contributed by atoms with van der Waals surface area (Å²) in [4.78, 5) is 0. The maximum absolute atomic E-state index is 10.4. The van der Waals surface area contributed by atoms with E-state index in [9.17, 15) is 5.11 Å². The summed E-state index contributed by atoms with van der Waals surface area (Å²) >= 11 is 0. The van der Waals surface area contributed by atoms with Crippen molar-refractivity contribution in [2.24, 2.45) is 5.92 Å². The van der Waals surface area contributed by atoms with Crippen molar-refractivity contribution < 1.29 is 14.6 Å². The van der Waals surface area contributed by atoms with Gasteiger partial charge in [0.25, 0.3) is 0 Å². The van der Waals surface area contributed by atoms with Crippen LogP contribution in [0.25, 0.3) is 0 Å². The fraction of sp³-hybridized carbons (Fsp3) is 1.00. The van der Waals surface area contributed by atoms with Gasteiger partial charge in [-0.3, -0.25) is 0 Å². The molecule has 1 heterocycles. The van der Waals surface area contributed by atoms with Gasteiger partial charge in [-0.1, -0.05) is 12.8 Å². The molecule has 94 valence electrons. The van der Waals surface area contributed by atoms with E-state index >= 15 is 0 Å². The van der Waals surface area contributed by atoms with Crippen molar-refractivity contribution in [3.63, 3.8) is 0 Å². The monoisotopic (exact) mass is 228 g/mol.